The summed E-state index contributed by atoms with van der Waals surface area (Å²) >= 11 is 0. The summed E-state index contributed by atoms with van der Waals surface area (Å²) in [6.07, 6.45) is 2.94. The van der Waals surface area contributed by atoms with Crippen LogP contribution in [0.4, 0.5) is 4.79 Å². The van der Waals surface area contributed by atoms with Crippen molar-refractivity contribution < 1.29 is 9.59 Å². The quantitative estimate of drug-likeness (QED) is 0.717. The minimum absolute atomic E-state index is 0.0398. The van der Waals surface area contributed by atoms with Gasteiger partial charge in [-0.1, -0.05) is 31.2 Å². The molecule has 2 rings (SSSR count). The van der Waals surface area contributed by atoms with Gasteiger partial charge in [-0.2, -0.15) is 0 Å². The Hall–Kier alpha value is -2.04. The van der Waals surface area contributed by atoms with Crippen LogP contribution in [0.15, 0.2) is 24.3 Å². The Morgan fingerprint density at radius 2 is 1.76 bits per heavy atom. The molecule has 1 saturated carbocycles. The molecule has 0 unspecified atom stereocenters. The molecule has 1 aliphatic rings. The molecule has 21 heavy (non-hydrogen) atoms. The van der Waals surface area contributed by atoms with Gasteiger partial charge in [0.05, 0.1) is 0 Å². The van der Waals surface area contributed by atoms with E-state index in [2.05, 4.69) is 16.0 Å². The number of carbonyl (C=O) groups excluding carboxylic acids is 2. The van der Waals surface area contributed by atoms with Crippen LogP contribution in [-0.4, -0.2) is 18.5 Å². The molecule has 1 aromatic rings. The van der Waals surface area contributed by atoms with Crippen LogP contribution in [0, 0.1) is 5.92 Å². The Kier molecular flexibility index (Phi) is 5.60. The fourth-order valence-electron chi connectivity index (χ4n) is 1.98. The third-order valence-electron chi connectivity index (χ3n) is 3.50. The number of benzene rings is 1. The molecule has 5 nitrogen and oxygen atoms in total. The van der Waals surface area contributed by atoms with Crippen LogP contribution in [-0.2, 0) is 17.9 Å². The Labute approximate surface area is 125 Å². The summed E-state index contributed by atoms with van der Waals surface area (Å²) < 4.78 is 0. The molecule has 114 valence electrons. The van der Waals surface area contributed by atoms with E-state index >= 15 is 0 Å². The number of hydrogen-bond acceptors (Lipinski definition) is 2. The highest BCUT2D eigenvalue weighted by Gasteiger charge is 2.21. The Morgan fingerprint density at radius 3 is 2.38 bits per heavy atom. The molecule has 1 fully saturated rings. The molecule has 5 heteroatoms. The maximum Gasteiger partial charge on any atom is 0.315 e. The smallest absolute Gasteiger partial charge is 0.315 e. The van der Waals surface area contributed by atoms with Gasteiger partial charge in [-0.15, -0.1) is 0 Å². The van der Waals surface area contributed by atoms with Gasteiger partial charge in [0.15, 0.2) is 0 Å². The second kappa shape index (κ2) is 7.67. The fourth-order valence-corrected chi connectivity index (χ4v) is 1.98. The molecule has 0 radical (unpaired) electrons. The summed E-state index contributed by atoms with van der Waals surface area (Å²) in [5.74, 6) is 0.722. The van der Waals surface area contributed by atoms with Crippen LogP contribution in [0.25, 0.3) is 0 Å². The normalized spacial score (nSPS) is 13.6. The average Bonchev–Trinajstić information content (AvgIpc) is 3.33. The predicted molar refractivity (Wildman–Crippen MR) is 81.5 cm³/mol. The van der Waals surface area contributed by atoms with E-state index in [0.29, 0.717) is 25.4 Å². The van der Waals surface area contributed by atoms with Crippen molar-refractivity contribution in [1.29, 1.82) is 0 Å². The monoisotopic (exact) mass is 289 g/mol. The molecule has 0 aromatic heterocycles. The zero-order chi connectivity index (χ0) is 15.1. The summed E-state index contributed by atoms with van der Waals surface area (Å²) in [7, 11) is 0. The van der Waals surface area contributed by atoms with Crippen molar-refractivity contribution in [2.45, 2.75) is 39.3 Å². The van der Waals surface area contributed by atoms with Gasteiger partial charge in [-0.05, 0) is 29.9 Å². The Bertz CT molecular complexity index is 498. The van der Waals surface area contributed by atoms with Crippen LogP contribution < -0.4 is 16.0 Å². The van der Waals surface area contributed by atoms with Crippen LogP contribution in [0.1, 0.15) is 37.3 Å². The van der Waals surface area contributed by atoms with Crippen molar-refractivity contribution in [3.05, 3.63) is 35.4 Å². The zero-order valence-electron chi connectivity index (χ0n) is 12.4. The number of rotatable bonds is 7. The maximum absolute atomic E-state index is 11.6. The summed E-state index contributed by atoms with van der Waals surface area (Å²) in [6.45, 7) is 3.62. The Morgan fingerprint density at radius 1 is 1.10 bits per heavy atom. The summed E-state index contributed by atoms with van der Waals surface area (Å²) in [5.41, 5.74) is 2.06. The predicted octanol–water partition coefficient (Wildman–Crippen LogP) is 1.92. The number of amides is 3. The van der Waals surface area contributed by atoms with E-state index in [9.17, 15) is 9.59 Å². The van der Waals surface area contributed by atoms with E-state index in [4.69, 9.17) is 0 Å². The lowest BCUT2D eigenvalue weighted by Crippen LogP contribution is -2.36. The van der Waals surface area contributed by atoms with Gasteiger partial charge in [0.25, 0.3) is 0 Å². The molecular formula is C16H23N3O2. The molecule has 1 aromatic carbocycles. The van der Waals surface area contributed by atoms with Crippen molar-refractivity contribution >= 4 is 11.9 Å². The molecule has 0 atom stereocenters. The standard InChI is InChI=1S/C16H23N3O2/c1-2-15(20)17-10-13-4-3-5-14(8-13)11-19-16(21)18-9-12-6-7-12/h3-5,8,12H,2,6-7,9-11H2,1H3,(H,17,20)(H2,18,19,21). The summed E-state index contributed by atoms with van der Waals surface area (Å²) in [4.78, 5) is 22.8. The van der Waals surface area contributed by atoms with Crippen LogP contribution in [0.5, 0.6) is 0 Å². The van der Waals surface area contributed by atoms with Gasteiger partial charge >= 0.3 is 6.03 Å². The fraction of sp³-hybridized carbons (Fsp3) is 0.500. The molecule has 0 bridgehead atoms. The van der Waals surface area contributed by atoms with Crippen LogP contribution in [0.3, 0.4) is 0 Å². The van der Waals surface area contributed by atoms with Crippen LogP contribution >= 0.6 is 0 Å². The van der Waals surface area contributed by atoms with Gasteiger partial charge < -0.3 is 16.0 Å². The second-order valence-electron chi connectivity index (χ2n) is 5.46. The highest BCUT2D eigenvalue weighted by atomic mass is 16.2. The first-order valence-electron chi connectivity index (χ1n) is 7.53. The first kappa shape index (κ1) is 15.4. The lowest BCUT2D eigenvalue weighted by Gasteiger charge is -2.09. The van der Waals surface area contributed by atoms with Gasteiger partial charge in [-0.3, -0.25) is 4.79 Å². The lowest BCUT2D eigenvalue weighted by atomic mass is 10.1. The number of carbonyl (C=O) groups is 2. The van der Waals surface area contributed by atoms with Crippen molar-refractivity contribution in [3.63, 3.8) is 0 Å². The van der Waals surface area contributed by atoms with Gasteiger partial charge in [0.2, 0.25) is 5.91 Å². The van der Waals surface area contributed by atoms with E-state index in [-0.39, 0.29) is 11.9 Å². The molecule has 0 aliphatic heterocycles. The maximum atomic E-state index is 11.6. The average molecular weight is 289 g/mol. The molecule has 0 saturated heterocycles. The summed E-state index contributed by atoms with van der Waals surface area (Å²) in [6, 6.07) is 7.74. The summed E-state index contributed by atoms with van der Waals surface area (Å²) in [5, 5.41) is 8.56. The van der Waals surface area contributed by atoms with E-state index in [1.807, 2.05) is 31.2 Å². The molecule has 3 amide bonds. The lowest BCUT2D eigenvalue weighted by molar-refractivity contribution is -0.120. The van der Waals surface area contributed by atoms with E-state index in [1.165, 1.54) is 12.8 Å². The number of hydrogen-bond donors (Lipinski definition) is 3. The largest absolute Gasteiger partial charge is 0.352 e. The van der Waals surface area contributed by atoms with E-state index in [0.717, 1.165) is 17.7 Å². The molecule has 0 heterocycles. The zero-order valence-corrected chi connectivity index (χ0v) is 12.4. The molecule has 1 aliphatic carbocycles. The van der Waals surface area contributed by atoms with Crippen molar-refractivity contribution in [2.75, 3.05) is 6.54 Å². The molecular weight excluding hydrogens is 266 g/mol. The first-order chi connectivity index (χ1) is 10.2. The number of urea groups is 1. The minimum atomic E-state index is -0.119. The van der Waals surface area contributed by atoms with Crippen molar-refractivity contribution in [3.8, 4) is 0 Å². The van der Waals surface area contributed by atoms with E-state index < -0.39 is 0 Å². The Balaban J connectivity index is 1.74. The van der Waals surface area contributed by atoms with Crippen molar-refractivity contribution in [2.24, 2.45) is 5.92 Å². The van der Waals surface area contributed by atoms with Crippen LogP contribution in [0.2, 0.25) is 0 Å². The van der Waals surface area contributed by atoms with Crippen molar-refractivity contribution in [1.82, 2.24) is 16.0 Å². The van der Waals surface area contributed by atoms with Gasteiger partial charge in [-0.25, -0.2) is 4.79 Å². The first-order valence-corrected chi connectivity index (χ1v) is 7.53. The topological polar surface area (TPSA) is 70.2 Å². The molecule has 3 N–H and O–H groups in total. The SMILES string of the molecule is CCC(=O)NCc1cccc(CNC(=O)NCC2CC2)c1. The third-order valence-corrected chi connectivity index (χ3v) is 3.50. The van der Waals surface area contributed by atoms with Gasteiger partial charge in [0, 0.05) is 26.1 Å². The second-order valence-corrected chi connectivity index (χ2v) is 5.46. The van der Waals surface area contributed by atoms with E-state index in [1.54, 1.807) is 0 Å². The minimum Gasteiger partial charge on any atom is -0.352 e. The molecule has 0 spiro atoms. The highest BCUT2D eigenvalue weighted by molar-refractivity contribution is 5.75. The highest BCUT2D eigenvalue weighted by Crippen LogP contribution is 2.27. The van der Waals surface area contributed by atoms with Gasteiger partial charge in [0.1, 0.15) is 0 Å². The third kappa shape index (κ3) is 5.85. The number of nitrogens with one attached hydrogen (secondary N) is 3.